The van der Waals surface area contributed by atoms with Crippen LogP contribution < -0.4 is 4.74 Å². The van der Waals surface area contributed by atoms with Gasteiger partial charge in [0.2, 0.25) is 5.78 Å². The number of hydrogen-bond acceptors (Lipinski definition) is 7. The molecule has 3 aromatic carbocycles. The molecule has 1 heterocycles. The maximum atomic E-state index is 13.6. The van der Waals surface area contributed by atoms with Gasteiger partial charge >= 0.3 is 5.97 Å². The summed E-state index contributed by atoms with van der Waals surface area (Å²) < 4.78 is 19.9. The van der Waals surface area contributed by atoms with Crippen molar-refractivity contribution in [3.05, 3.63) is 98.7 Å². The minimum absolute atomic E-state index is 0.225. The number of esters is 1. The number of carbonyl (C=O) groups is 2. The van der Waals surface area contributed by atoms with E-state index in [1.54, 1.807) is 54.6 Å². The maximum Gasteiger partial charge on any atom is 0.319 e. The highest BCUT2D eigenvalue weighted by Gasteiger charge is 2.52. The van der Waals surface area contributed by atoms with Gasteiger partial charge in [-0.3, -0.25) is 9.59 Å². The Morgan fingerprint density at radius 2 is 1.78 bits per heavy atom. The third kappa shape index (κ3) is 4.79. The first-order valence-electron chi connectivity index (χ1n) is 11.2. The van der Waals surface area contributed by atoms with E-state index in [2.05, 4.69) is 10.8 Å². The average molecular weight is 516 g/mol. The SMILES string of the molecule is C#Cc1ccc(C(=O)c2sc3cc(OC(=O)C4(CO[N+](=O)[O-])CC4)ccc3c2-c2ccc(F)cc2)cc1. The second-order valence-corrected chi connectivity index (χ2v) is 9.74. The number of benzene rings is 3. The van der Waals surface area contributed by atoms with Gasteiger partial charge < -0.3 is 9.57 Å². The first-order valence-corrected chi connectivity index (χ1v) is 12.0. The topological polar surface area (TPSA) is 95.7 Å². The molecule has 1 aliphatic rings. The van der Waals surface area contributed by atoms with Gasteiger partial charge in [-0.25, -0.2) is 4.39 Å². The number of halogens is 1. The van der Waals surface area contributed by atoms with Gasteiger partial charge in [0.1, 0.15) is 18.2 Å². The molecule has 4 aromatic rings. The Balaban J connectivity index is 1.52. The summed E-state index contributed by atoms with van der Waals surface area (Å²) in [6, 6.07) is 17.5. The molecule has 0 saturated heterocycles. The van der Waals surface area contributed by atoms with E-state index in [0.29, 0.717) is 44.7 Å². The van der Waals surface area contributed by atoms with Crippen LogP contribution in [0.15, 0.2) is 66.7 Å². The zero-order valence-corrected chi connectivity index (χ0v) is 20.0. The summed E-state index contributed by atoms with van der Waals surface area (Å²) in [7, 11) is 0. The van der Waals surface area contributed by atoms with E-state index >= 15 is 0 Å². The van der Waals surface area contributed by atoms with E-state index in [1.807, 2.05) is 0 Å². The lowest BCUT2D eigenvalue weighted by Crippen LogP contribution is -2.27. The molecule has 184 valence electrons. The molecular formula is C28H18FNO6S. The van der Waals surface area contributed by atoms with Gasteiger partial charge in [0, 0.05) is 26.8 Å². The summed E-state index contributed by atoms with van der Waals surface area (Å²) in [6.07, 6.45) is 6.30. The molecule has 0 aliphatic heterocycles. The Hall–Kier alpha value is -4.55. The highest BCUT2D eigenvalue weighted by molar-refractivity contribution is 7.21. The van der Waals surface area contributed by atoms with Gasteiger partial charge in [-0.2, -0.15) is 0 Å². The van der Waals surface area contributed by atoms with Gasteiger partial charge in [-0.1, -0.05) is 18.1 Å². The molecule has 0 spiro atoms. The van der Waals surface area contributed by atoms with Crippen LogP contribution in [0.25, 0.3) is 21.2 Å². The molecule has 0 unspecified atom stereocenters. The Labute approximate surface area is 214 Å². The van der Waals surface area contributed by atoms with Crippen molar-refractivity contribution in [1.29, 1.82) is 0 Å². The van der Waals surface area contributed by atoms with Crippen LogP contribution in [-0.4, -0.2) is 23.4 Å². The number of fused-ring (bicyclic) bond motifs is 1. The summed E-state index contributed by atoms with van der Waals surface area (Å²) in [6.45, 7) is -0.355. The minimum atomic E-state index is -1.03. The zero-order valence-electron chi connectivity index (χ0n) is 19.2. The van der Waals surface area contributed by atoms with Crippen LogP contribution >= 0.6 is 11.3 Å². The normalized spacial score (nSPS) is 13.5. The number of rotatable bonds is 8. The van der Waals surface area contributed by atoms with Crippen LogP contribution in [0.2, 0.25) is 0 Å². The van der Waals surface area contributed by atoms with Gasteiger partial charge in [0.05, 0.1) is 10.3 Å². The van der Waals surface area contributed by atoms with Gasteiger partial charge in [-0.05, 0) is 73.0 Å². The fourth-order valence-corrected chi connectivity index (χ4v) is 5.22. The molecule has 0 bridgehead atoms. The molecule has 9 heteroatoms. The Morgan fingerprint density at radius 1 is 1.08 bits per heavy atom. The van der Waals surface area contributed by atoms with Crippen molar-refractivity contribution in [3.63, 3.8) is 0 Å². The van der Waals surface area contributed by atoms with E-state index in [0.717, 1.165) is 5.39 Å². The Morgan fingerprint density at radius 3 is 2.41 bits per heavy atom. The van der Waals surface area contributed by atoms with Crippen molar-refractivity contribution >= 4 is 33.2 Å². The van der Waals surface area contributed by atoms with Crippen LogP contribution in [0.5, 0.6) is 5.75 Å². The number of terminal acetylenes is 1. The predicted molar refractivity (Wildman–Crippen MR) is 135 cm³/mol. The van der Waals surface area contributed by atoms with Crippen LogP contribution in [0, 0.1) is 33.7 Å². The van der Waals surface area contributed by atoms with E-state index in [-0.39, 0.29) is 18.1 Å². The fraction of sp³-hybridized carbons (Fsp3) is 0.143. The second-order valence-electron chi connectivity index (χ2n) is 8.69. The first-order chi connectivity index (χ1) is 17.8. The van der Waals surface area contributed by atoms with Gasteiger partial charge in [0.15, 0.2) is 0 Å². The average Bonchev–Trinajstić information content (AvgIpc) is 3.61. The van der Waals surface area contributed by atoms with E-state index in [4.69, 9.17) is 11.2 Å². The summed E-state index contributed by atoms with van der Waals surface area (Å²) in [5.74, 6) is 1.54. The fourth-order valence-electron chi connectivity index (χ4n) is 4.00. The van der Waals surface area contributed by atoms with E-state index in [1.165, 1.54) is 23.5 Å². The third-order valence-corrected chi connectivity index (χ3v) is 7.41. The highest BCUT2D eigenvalue weighted by Crippen LogP contribution is 2.47. The number of thiophene rings is 1. The summed E-state index contributed by atoms with van der Waals surface area (Å²) in [5.41, 5.74) is 1.37. The van der Waals surface area contributed by atoms with Crippen molar-refractivity contribution in [2.45, 2.75) is 12.8 Å². The predicted octanol–water partition coefficient (Wildman–Crippen LogP) is 5.81. The highest BCUT2D eigenvalue weighted by atomic mass is 32.1. The molecule has 1 saturated carbocycles. The quantitative estimate of drug-likeness (QED) is 0.0734. The molecule has 1 aliphatic carbocycles. The van der Waals surface area contributed by atoms with Gasteiger partial charge in [-0.15, -0.1) is 27.9 Å². The van der Waals surface area contributed by atoms with Crippen molar-refractivity contribution < 1.29 is 28.6 Å². The lowest BCUT2D eigenvalue weighted by Gasteiger charge is -2.13. The molecule has 1 aromatic heterocycles. The first kappa shape index (κ1) is 24.2. The lowest BCUT2D eigenvalue weighted by molar-refractivity contribution is -0.759. The molecule has 0 radical (unpaired) electrons. The molecule has 37 heavy (non-hydrogen) atoms. The summed E-state index contributed by atoms with van der Waals surface area (Å²) in [5, 5.41) is 10.3. The molecule has 0 atom stereocenters. The Bertz CT molecular complexity index is 1580. The van der Waals surface area contributed by atoms with Crippen LogP contribution in [0.1, 0.15) is 33.6 Å². The van der Waals surface area contributed by atoms with E-state index < -0.39 is 22.3 Å². The zero-order chi connectivity index (χ0) is 26.2. The van der Waals surface area contributed by atoms with Crippen molar-refractivity contribution in [1.82, 2.24) is 0 Å². The largest absolute Gasteiger partial charge is 0.426 e. The molecule has 5 rings (SSSR count). The molecule has 0 N–H and O–H groups in total. The number of ketones is 1. The molecule has 0 amide bonds. The van der Waals surface area contributed by atoms with Crippen LogP contribution in [0.4, 0.5) is 4.39 Å². The smallest absolute Gasteiger partial charge is 0.319 e. The van der Waals surface area contributed by atoms with Crippen molar-refractivity contribution in [3.8, 4) is 29.2 Å². The molecule has 7 nitrogen and oxygen atoms in total. The van der Waals surface area contributed by atoms with Gasteiger partial charge in [0.25, 0.3) is 5.09 Å². The monoisotopic (exact) mass is 515 g/mol. The van der Waals surface area contributed by atoms with Crippen molar-refractivity contribution in [2.24, 2.45) is 5.41 Å². The van der Waals surface area contributed by atoms with Crippen molar-refractivity contribution in [2.75, 3.05) is 6.61 Å². The lowest BCUT2D eigenvalue weighted by atomic mass is 9.98. The standard InChI is InChI=1S/C28H18FNO6S/c1-2-17-3-5-19(6-4-17)25(31)26-24(18-7-9-20(29)10-8-18)22-12-11-21(15-23(22)37-26)36-27(32)28(13-14-28)16-35-30(33)34/h1,3-12,15H,13-14,16H2. The van der Waals surface area contributed by atoms with Crippen LogP contribution in [0.3, 0.4) is 0 Å². The number of carbonyl (C=O) groups excluding carboxylic acids is 2. The summed E-state index contributed by atoms with van der Waals surface area (Å²) in [4.78, 5) is 41.6. The third-order valence-electron chi connectivity index (χ3n) is 6.26. The summed E-state index contributed by atoms with van der Waals surface area (Å²) >= 11 is 1.23. The van der Waals surface area contributed by atoms with E-state index in [9.17, 15) is 24.1 Å². The van der Waals surface area contributed by atoms with Crippen LogP contribution in [-0.2, 0) is 9.63 Å². The number of nitrogens with zero attached hydrogens (tertiary/aromatic N) is 1. The number of ether oxygens (including phenoxy) is 1. The second kappa shape index (κ2) is 9.48. The maximum absolute atomic E-state index is 13.6. The Kier molecular flexibility index (Phi) is 6.19. The minimum Gasteiger partial charge on any atom is -0.426 e. The molecule has 1 fully saturated rings. The number of hydrogen-bond donors (Lipinski definition) is 0. The molecular weight excluding hydrogens is 497 g/mol.